The maximum absolute atomic E-state index is 8.82. The van der Waals surface area contributed by atoms with Crippen LogP contribution in [0.3, 0.4) is 0 Å². The first-order valence-corrected chi connectivity index (χ1v) is 5.49. The second-order valence-corrected chi connectivity index (χ2v) is 4.19. The summed E-state index contributed by atoms with van der Waals surface area (Å²) in [6.07, 6.45) is 3.40. The summed E-state index contributed by atoms with van der Waals surface area (Å²) in [6.45, 7) is 0.654. The molecule has 0 unspecified atom stereocenters. The molecule has 0 aliphatic carbocycles. The molecular weight excluding hydrogens is 268 g/mol. The van der Waals surface area contributed by atoms with Crippen molar-refractivity contribution in [1.82, 2.24) is 9.97 Å². The predicted molar refractivity (Wildman–Crippen MR) is 64.8 cm³/mol. The molecule has 5 heteroatoms. The lowest BCUT2D eigenvalue weighted by molar-refractivity contribution is 1.07. The van der Waals surface area contributed by atoms with Gasteiger partial charge in [-0.1, -0.05) is 15.9 Å². The number of aromatic amines is 1. The first-order chi connectivity index (χ1) is 7.78. The van der Waals surface area contributed by atoms with E-state index in [1.165, 1.54) is 0 Å². The monoisotopic (exact) mass is 276 g/mol. The minimum absolute atomic E-state index is 0.626. The van der Waals surface area contributed by atoms with Crippen molar-refractivity contribution >= 4 is 21.6 Å². The van der Waals surface area contributed by atoms with Crippen LogP contribution < -0.4 is 5.32 Å². The Balaban J connectivity index is 2.10. The average Bonchev–Trinajstić information content (AvgIpc) is 2.78. The van der Waals surface area contributed by atoms with Gasteiger partial charge in [0.1, 0.15) is 0 Å². The number of H-pyrrole nitrogens is 1. The zero-order chi connectivity index (χ0) is 11.4. The van der Waals surface area contributed by atoms with Crippen LogP contribution in [-0.2, 0) is 6.54 Å². The maximum atomic E-state index is 8.82. The van der Waals surface area contributed by atoms with Gasteiger partial charge in [-0.2, -0.15) is 5.26 Å². The number of benzene rings is 1. The van der Waals surface area contributed by atoms with E-state index in [1.807, 2.05) is 6.07 Å². The summed E-state index contributed by atoms with van der Waals surface area (Å²) >= 11 is 3.36. The predicted octanol–water partition coefficient (Wildman–Crippen LogP) is 2.66. The van der Waals surface area contributed by atoms with Gasteiger partial charge in [-0.15, -0.1) is 0 Å². The van der Waals surface area contributed by atoms with Gasteiger partial charge in [-0.25, -0.2) is 4.98 Å². The number of aromatic nitrogens is 2. The third-order valence-electron chi connectivity index (χ3n) is 2.06. The standard InChI is InChI=1S/C11H9BrN4/c12-9-1-8(4-13)2-10(3-9)15-6-11-5-14-7-16-11/h1-3,5,7,15H,6H2,(H,14,16). The van der Waals surface area contributed by atoms with Crippen molar-refractivity contribution in [3.05, 3.63) is 46.5 Å². The molecule has 0 bridgehead atoms. The number of nitrogens with zero attached hydrogens (tertiary/aromatic N) is 2. The van der Waals surface area contributed by atoms with Gasteiger partial charge in [0.15, 0.2) is 0 Å². The summed E-state index contributed by atoms with van der Waals surface area (Å²) < 4.78 is 0.888. The number of anilines is 1. The first kappa shape index (κ1) is 10.7. The molecule has 0 amide bonds. The number of nitrogens with one attached hydrogen (secondary N) is 2. The van der Waals surface area contributed by atoms with E-state index >= 15 is 0 Å². The normalized spacial score (nSPS) is 9.75. The topological polar surface area (TPSA) is 64.5 Å². The highest BCUT2D eigenvalue weighted by molar-refractivity contribution is 9.10. The van der Waals surface area contributed by atoms with Crippen molar-refractivity contribution in [2.24, 2.45) is 0 Å². The summed E-state index contributed by atoms with van der Waals surface area (Å²) in [5.41, 5.74) is 2.53. The zero-order valence-electron chi connectivity index (χ0n) is 8.37. The van der Waals surface area contributed by atoms with Crippen molar-refractivity contribution in [3.63, 3.8) is 0 Å². The summed E-state index contributed by atoms with van der Waals surface area (Å²) in [5, 5.41) is 12.0. The van der Waals surface area contributed by atoms with Crippen LogP contribution in [0.1, 0.15) is 11.3 Å². The van der Waals surface area contributed by atoms with Crippen LogP contribution in [0.5, 0.6) is 0 Å². The molecule has 4 nitrogen and oxygen atoms in total. The fraction of sp³-hybridized carbons (Fsp3) is 0.0909. The molecule has 1 aromatic carbocycles. The largest absolute Gasteiger partial charge is 0.379 e. The van der Waals surface area contributed by atoms with E-state index in [9.17, 15) is 0 Å². The molecule has 16 heavy (non-hydrogen) atoms. The van der Waals surface area contributed by atoms with Crippen LogP contribution in [0, 0.1) is 11.3 Å². The molecule has 0 aliphatic heterocycles. The highest BCUT2D eigenvalue weighted by atomic mass is 79.9. The molecule has 1 heterocycles. The Morgan fingerprint density at radius 2 is 2.31 bits per heavy atom. The average molecular weight is 277 g/mol. The van der Waals surface area contributed by atoms with Crippen molar-refractivity contribution in [2.45, 2.75) is 6.54 Å². The molecule has 0 fully saturated rings. The quantitative estimate of drug-likeness (QED) is 0.906. The maximum Gasteiger partial charge on any atom is 0.0992 e. The molecule has 0 aliphatic rings. The molecule has 0 atom stereocenters. The second-order valence-electron chi connectivity index (χ2n) is 3.27. The van der Waals surface area contributed by atoms with E-state index in [0.717, 1.165) is 15.9 Å². The molecule has 1 aromatic heterocycles. The third kappa shape index (κ3) is 2.61. The van der Waals surface area contributed by atoms with E-state index in [2.05, 4.69) is 37.3 Å². The molecule has 2 aromatic rings. The molecular formula is C11H9BrN4. The minimum Gasteiger partial charge on any atom is -0.379 e. The van der Waals surface area contributed by atoms with Gasteiger partial charge in [0, 0.05) is 16.4 Å². The number of rotatable bonds is 3. The fourth-order valence-electron chi connectivity index (χ4n) is 1.33. The van der Waals surface area contributed by atoms with Crippen molar-refractivity contribution in [3.8, 4) is 6.07 Å². The van der Waals surface area contributed by atoms with E-state index < -0.39 is 0 Å². The third-order valence-corrected chi connectivity index (χ3v) is 2.52. The van der Waals surface area contributed by atoms with Gasteiger partial charge in [-0.3, -0.25) is 0 Å². The highest BCUT2D eigenvalue weighted by Gasteiger charge is 1.99. The van der Waals surface area contributed by atoms with Crippen LogP contribution >= 0.6 is 15.9 Å². The highest BCUT2D eigenvalue weighted by Crippen LogP contribution is 2.19. The van der Waals surface area contributed by atoms with Gasteiger partial charge in [0.05, 0.1) is 30.2 Å². The van der Waals surface area contributed by atoms with E-state index in [4.69, 9.17) is 5.26 Å². The lowest BCUT2D eigenvalue weighted by Crippen LogP contribution is -1.99. The van der Waals surface area contributed by atoms with Gasteiger partial charge in [0.25, 0.3) is 0 Å². The van der Waals surface area contributed by atoms with Crippen molar-refractivity contribution < 1.29 is 0 Å². The lowest BCUT2D eigenvalue weighted by Gasteiger charge is -2.05. The van der Waals surface area contributed by atoms with E-state index in [1.54, 1.807) is 24.7 Å². The van der Waals surface area contributed by atoms with Crippen LogP contribution in [0.15, 0.2) is 35.2 Å². The first-order valence-electron chi connectivity index (χ1n) is 4.70. The van der Waals surface area contributed by atoms with Crippen molar-refractivity contribution in [2.75, 3.05) is 5.32 Å². The van der Waals surface area contributed by atoms with Gasteiger partial charge < -0.3 is 10.3 Å². The van der Waals surface area contributed by atoms with Crippen LogP contribution in [0.4, 0.5) is 5.69 Å². The molecule has 2 rings (SSSR count). The Bertz CT molecular complexity index is 513. The Morgan fingerprint density at radius 1 is 1.44 bits per heavy atom. The van der Waals surface area contributed by atoms with Crippen LogP contribution in [0.25, 0.3) is 0 Å². The van der Waals surface area contributed by atoms with Crippen LogP contribution in [-0.4, -0.2) is 9.97 Å². The number of hydrogen-bond acceptors (Lipinski definition) is 3. The number of nitriles is 1. The van der Waals surface area contributed by atoms with E-state index in [0.29, 0.717) is 12.1 Å². The fourth-order valence-corrected chi connectivity index (χ4v) is 1.83. The smallest absolute Gasteiger partial charge is 0.0992 e. The zero-order valence-corrected chi connectivity index (χ0v) is 9.95. The molecule has 80 valence electrons. The summed E-state index contributed by atoms with van der Waals surface area (Å²) in [4.78, 5) is 6.93. The Morgan fingerprint density at radius 3 is 3.00 bits per heavy atom. The Labute approximate surface area is 101 Å². The summed E-state index contributed by atoms with van der Waals surface area (Å²) in [7, 11) is 0. The lowest BCUT2D eigenvalue weighted by atomic mass is 10.2. The van der Waals surface area contributed by atoms with Crippen LogP contribution in [0.2, 0.25) is 0 Å². The number of imidazole rings is 1. The summed E-state index contributed by atoms with van der Waals surface area (Å²) in [5.74, 6) is 0. The van der Waals surface area contributed by atoms with Gasteiger partial charge >= 0.3 is 0 Å². The molecule has 0 spiro atoms. The summed E-state index contributed by atoms with van der Waals surface area (Å²) in [6, 6.07) is 7.62. The van der Waals surface area contributed by atoms with Crippen molar-refractivity contribution in [1.29, 1.82) is 5.26 Å². The number of halogens is 1. The van der Waals surface area contributed by atoms with E-state index in [-0.39, 0.29) is 0 Å². The minimum atomic E-state index is 0.626. The SMILES string of the molecule is N#Cc1cc(Br)cc(NCc2cnc[nH]2)c1. The van der Waals surface area contributed by atoms with Gasteiger partial charge in [0.2, 0.25) is 0 Å². The molecule has 0 saturated carbocycles. The molecule has 2 N–H and O–H groups in total. The molecule has 0 saturated heterocycles. The van der Waals surface area contributed by atoms with Gasteiger partial charge in [-0.05, 0) is 18.2 Å². The Hall–Kier alpha value is -1.80. The number of hydrogen-bond donors (Lipinski definition) is 2. The molecule has 0 radical (unpaired) electrons. The Kier molecular flexibility index (Phi) is 3.22. The second kappa shape index (κ2) is 4.81.